The third-order valence-electron chi connectivity index (χ3n) is 3.43. The van der Waals surface area contributed by atoms with Gasteiger partial charge in [0, 0.05) is 17.3 Å². The zero-order valence-electron chi connectivity index (χ0n) is 16.0. The van der Waals surface area contributed by atoms with Crippen LogP contribution in [0.1, 0.15) is 26.3 Å². The van der Waals surface area contributed by atoms with E-state index in [2.05, 4.69) is 5.32 Å². The van der Waals surface area contributed by atoms with Crippen molar-refractivity contribution in [1.29, 1.82) is 0 Å². The maximum absolute atomic E-state index is 12.0. The molecule has 5 heteroatoms. The van der Waals surface area contributed by atoms with Crippen LogP contribution in [0.2, 0.25) is 0 Å². The molecule has 0 bridgehead atoms. The number of esters is 1. The third kappa shape index (κ3) is 6.90. The molecule has 2 aromatic carbocycles. The molecule has 0 atom stereocenters. The molecule has 0 spiro atoms. The van der Waals surface area contributed by atoms with Crippen LogP contribution in [0.15, 0.2) is 72.5 Å². The monoisotopic (exact) mass is 367 g/mol. The minimum atomic E-state index is -0.653. The van der Waals surface area contributed by atoms with Crippen LogP contribution in [0.3, 0.4) is 0 Å². The highest BCUT2D eigenvalue weighted by atomic mass is 16.5. The molecule has 0 unspecified atom stereocenters. The van der Waals surface area contributed by atoms with Crippen molar-refractivity contribution >= 4 is 11.7 Å². The number of carbonyl (C=O) groups is 1. The van der Waals surface area contributed by atoms with Crippen LogP contribution in [0.25, 0.3) is 5.70 Å². The van der Waals surface area contributed by atoms with Gasteiger partial charge < -0.3 is 19.9 Å². The number of allylic oxidation sites excluding steroid dienone is 1. The minimum Gasteiger partial charge on any atom is -0.508 e. The van der Waals surface area contributed by atoms with E-state index < -0.39 is 5.97 Å². The lowest BCUT2D eigenvalue weighted by Crippen LogP contribution is -2.34. The highest BCUT2D eigenvalue weighted by Crippen LogP contribution is 2.20. The molecule has 0 saturated carbocycles. The summed E-state index contributed by atoms with van der Waals surface area (Å²) in [5, 5.41) is 13.6. The summed E-state index contributed by atoms with van der Waals surface area (Å²) in [6, 6.07) is 16.1. The molecule has 0 aliphatic heterocycles. The van der Waals surface area contributed by atoms with Gasteiger partial charge >= 0.3 is 5.97 Å². The van der Waals surface area contributed by atoms with Gasteiger partial charge in [-0.15, -0.1) is 0 Å². The molecule has 0 saturated heterocycles. The lowest BCUT2D eigenvalue weighted by molar-refractivity contribution is -0.129. The van der Waals surface area contributed by atoms with E-state index in [9.17, 15) is 9.90 Å². The van der Waals surface area contributed by atoms with Crippen LogP contribution >= 0.6 is 0 Å². The van der Waals surface area contributed by atoms with Crippen molar-refractivity contribution < 1.29 is 19.4 Å². The van der Waals surface area contributed by atoms with Crippen molar-refractivity contribution in [3.8, 4) is 11.5 Å². The van der Waals surface area contributed by atoms with Crippen molar-refractivity contribution in [2.75, 3.05) is 7.11 Å². The topological polar surface area (TPSA) is 67.8 Å². The summed E-state index contributed by atoms with van der Waals surface area (Å²) in [4.78, 5) is 12.0. The Bertz CT molecular complexity index is 816. The zero-order chi connectivity index (χ0) is 19.9. The lowest BCUT2D eigenvalue weighted by Gasteiger charge is -2.24. The molecular formula is C22H25NO4. The first-order valence-corrected chi connectivity index (χ1v) is 8.59. The van der Waals surface area contributed by atoms with E-state index in [0.717, 1.165) is 17.4 Å². The van der Waals surface area contributed by atoms with Gasteiger partial charge in [-0.25, -0.2) is 4.79 Å². The number of nitrogens with one attached hydrogen (secondary N) is 1. The fourth-order valence-corrected chi connectivity index (χ4v) is 2.31. The average molecular weight is 367 g/mol. The number of aliphatic hydroxyl groups excluding tert-OH is 1. The first-order valence-electron chi connectivity index (χ1n) is 8.59. The van der Waals surface area contributed by atoms with Gasteiger partial charge in [-0.05, 0) is 62.7 Å². The molecule has 142 valence electrons. The molecule has 2 aromatic rings. The molecule has 2 N–H and O–H groups in total. The maximum atomic E-state index is 12.0. The fourth-order valence-electron chi connectivity index (χ4n) is 2.31. The number of hydrogen-bond acceptors (Lipinski definition) is 5. The Balaban J connectivity index is 2.24. The number of hydrogen-bond donors (Lipinski definition) is 2. The number of aliphatic hydroxyl groups is 1. The largest absolute Gasteiger partial charge is 0.508 e. The Morgan fingerprint density at radius 2 is 1.59 bits per heavy atom. The zero-order valence-corrected chi connectivity index (χ0v) is 16.0. The Morgan fingerprint density at radius 1 is 0.963 bits per heavy atom. The predicted molar refractivity (Wildman–Crippen MR) is 107 cm³/mol. The molecule has 0 aliphatic carbocycles. The van der Waals surface area contributed by atoms with Gasteiger partial charge in [-0.1, -0.05) is 18.2 Å². The van der Waals surface area contributed by atoms with Crippen LogP contribution in [0, 0.1) is 0 Å². The molecule has 0 amide bonds. The van der Waals surface area contributed by atoms with Gasteiger partial charge in [-0.3, -0.25) is 0 Å². The van der Waals surface area contributed by atoms with Crippen LogP contribution in [-0.4, -0.2) is 23.7 Å². The van der Waals surface area contributed by atoms with Gasteiger partial charge in [0.15, 0.2) is 0 Å². The minimum absolute atomic E-state index is 0.210. The number of carbonyl (C=O) groups excluding carboxylic acids is 1. The summed E-state index contributed by atoms with van der Waals surface area (Å²) in [6.07, 6.45) is 2.54. The molecule has 0 aromatic heterocycles. The van der Waals surface area contributed by atoms with E-state index in [-0.39, 0.29) is 11.3 Å². The van der Waals surface area contributed by atoms with Gasteiger partial charge in [0.1, 0.15) is 17.3 Å². The molecule has 0 aliphatic rings. The molecular weight excluding hydrogens is 342 g/mol. The second-order valence-electron chi connectivity index (χ2n) is 6.96. The lowest BCUT2D eigenvalue weighted by atomic mass is 10.0. The van der Waals surface area contributed by atoms with Crippen LogP contribution in [-0.2, 0) is 4.79 Å². The number of ether oxygens (including phenoxy) is 2. The number of para-hydroxylation sites is 1. The summed E-state index contributed by atoms with van der Waals surface area (Å²) in [6.45, 7) is 6.03. The van der Waals surface area contributed by atoms with Crippen molar-refractivity contribution in [3.05, 3.63) is 78.1 Å². The Hall–Kier alpha value is -3.21. The summed E-state index contributed by atoms with van der Waals surface area (Å²) in [7, 11) is 1.60. The van der Waals surface area contributed by atoms with E-state index >= 15 is 0 Å². The van der Waals surface area contributed by atoms with Crippen LogP contribution < -0.4 is 14.8 Å². The standard InChI is InChI=1S/C22H25NO4/c1-22(2,3)23-20(16-10-12-18(26-4)13-11-16)14-17(24)15-21(25)27-19-8-6-5-7-9-19/h5-15,23-24H,1-4H3/b17-15-,20-14-. The second kappa shape index (κ2) is 8.94. The van der Waals surface area contributed by atoms with Crippen LogP contribution in [0.5, 0.6) is 11.5 Å². The van der Waals surface area contributed by atoms with E-state index in [1.807, 2.05) is 51.1 Å². The number of rotatable bonds is 6. The van der Waals surface area contributed by atoms with Gasteiger partial charge in [0.05, 0.1) is 13.2 Å². The van der Waals surface area contributed by atoms with Gasteiger partial charge in [0.25, 0.3) is 0 Å². The summed E-state index contributed by atoms with van der Waals surface area (Å²) < 4.78 is 10.3. The van der Waals surface area contributed by atoms with E-state index in [1.165, 1.54) is 6.08 Å². The number of methoxy groups -OCH3 is 1. The molecule has 0 fully saturated rings. The quantitative estimate of drug-likeness (QED) is 0.259. The number of benzene rings is 2. The second-order valence-corrected chi connectivity index (χ2v) is 6.96. The smallest absolute Gasteiger partial charge is 0.339 e. The Kier molecular flexibility index (Phi) is 6.66. The van der Waals surface area contributed by atoms with Gasteiger partial charge in [-0.2, -0.15) is 0 Å². The first-order chi connectivity index (χ1) is 12.8. The summed E-state index contributed by atoms with van der Waals surface area (Å²) in [5.74, 6) is 0.289. The molecule has 0 radical (unpaired) electrons. The molecule has 0 heterocycles. The van der Waals surface area contributed by atoms with Crippen LogP contribution in [0.4, 0.5) is 0 Å². The highest BCUT2D eigenvalue weighted by molar-refractivity contribution is 5.85. The Labute approximate surface area is 159 Å². The SMILES string of the molecule is COc1ccc(/C(=C/C(O)=C/C(=O)Oc2ccccc2)NC(C)(C)C)cc1. The predicted octanol–water partition coefficient (Wildman–Crippen LogP) is 4.47. The molecule has 27 heavy (non-hydrogen) atoms. The van der Waals surface area contributed by atoms with Crippen molar-refractivity contribution in [2.24, 2.45) is 0 Å². The van der Waals surface area contributed by atoms with E-state index in [0.29, 0.717) is 11.4 Å². The molecule has 5 nitrogen and oxygen atoms in total. The summed E-state index contributed by atoms with van der Waals surface area (Å²) in [5.41, 5.74) is 1.28. The van der Waals surface area contributed by atoms with Gasteiger partial charge in [0.2, 0.25) is 0 Å². The Morgan fingerprint density at radius 3 is 2.15 bits per heavy atom. The first kappa shape index (κ1) is 20.1. The van der Waals surface area contributed by atoms with Crippen molar-refractivity contribution in [3.63, 3.8) is 0 Å². The van der Waals surface area contributed by atoms with E-state index in [4.69, 9.17) is 9.47 Å². The van der Waals surface area contributed by atoms with Crippen molar-refractivity contribution in [2.45, 2.75) is 26.3 Å². The maximum Gasteiger partial charge on any atom is 0.339 e. The average Bonchev–Trinajstić information content (AvgIpc) is 2.60. The van der Waals surface area contributed by atoms with E-state index in [1.54, 1.807) is 31.4 Å². The molecule has 2 rings (SSSR count). The normalized spacial score (nSPS) is 12.4. The highest BCUT2D eigenvalue weighted by Gasteiger charge is 2.14. The summed E-state index contributed by atoms with van der Waals surface area (Å²) >= 11 is 0. The fraction of sp³-hybridized carbons (Fsp3) is 0.227. The third-order valence-corrected chi connectivity index (χ3v) is 3.43. The van der Waals surface area contributed by atoms with Crippen molar-refractivity contribution in [1.82, 2.24) is 5.32 Å².